The fourth-order valence-electron chi connectivity index (χ4n) is 1.73. The van der Waals surface area contributed by atoms with E-state index < -0.39 is 0 Å². The van der Waals surface area contributed by atoms with Crippen molar-refractivity contribution in [2.75, 3.05) is 13.7 Å². The second-order valence-corrected chi connectivity index (χ2v) is 4.19. The lowest BCUT2D eigenvalue weighted by molar-refractivity contribution is 0.0778. The summed E-state index contributed by atoms with van der Waals surface area (Å²) in [4.78, 5) is 18.0. The molecule has 0 saturated heterocycles. The number of aromatic nitrogens is 3. The van der Waals surface area contributed by atoms with Crippen molar-refractivity contribution < 1.29 is 9.53 Å². The molecule has 2 aromatic rings. The average molecular weight is 272 g/mol. The van der Waals surface area contributed by atoms with Gasteiger partial charge in [0.15, 0.2) is 0 Å². The third kappa shape index (κ3) is 3.23. The average Bonchev–Trinajstić information content (AvgIpc) is 2.97. The minimum absolute atomic E-state index is 0.138. The van der Waals surface area contributed by atoms with Crippen LogP contribution in [0.2, 0.25) is 0 Å². The molecule has 0 aliphatic rings. The van der Waals surface area contributed by atoms with Crippen molar-refractivity contribution in [2.24, 2.45) is 0 Å². The molecule has 20 heavy (non-hydrogen) atoms. The summed E-state index contributed by atoms with van der Waals surface area (Å²) in [6, 6.07) is 7.12. The maximum atomic E-state index is 12.4. The molecule has 1 heterocycles. The molecular weight excluding hydrogens is 256 g/mol. The van der Waals surface area contributed by atoms with Crippen LogP contribution >= 0.6 is 0 Å². The Balaban J connectivity index is 2.13. The maximum absolute atomic E-state index is 12.4. The second-order valence-electron chi connectivity index (χ2n) is 4.19. The molecule has 1 aromatic carbocycles. The number of ether oxygens (including phenoxy) is 1. The number of carbonyl (C=O) groups is 1. The van der Waals surface area contributed by atoms with E-state index in [1.807, 2.05) is 6.07 Å². The predicted octanol–water partition coefficient (Wildman–Crippen LogP) is 1.64. The Labute approximate surface area is 117 Å². The predicted molar refractivity (Wildman–Crippen MR) is 74.3 cm³/mol. The van der Waals surface area contributed by atoms with Crippen LogP contribution in [0.5, 0.6) is 5.75 Å². The van der Waals surface area contributed by atoms with Gasteiger partial charge in [-0.2, -0.15) is 5.10 Å². The van der Waals surface area contributed by atoms with Crippen molar-refractivity contribution in [3.63, 3.8) is 0 Å². The summed E-state index contributed by atoms with van der Waals surface area (Å²) < 4.78 is 5.49. The van der Waals surface area contributed by atoms with Crippen molar-refractivity contribution in [2.45, 2.75) is 6.54 Å². The minimum atomic E-state index is -0.138. The molecule has 1 amide bonds. The number of nitrogens with zero attached hydrogens (tertiary/aromatic N) is 3. The van der Waals surface area contributed by atoms with Gasteiger partial charge in [-0.25, -0.2) is 4.98 Å². The van der Waals surface area contributed by atoms with E-state index in [4.69, 9.17) is 4.74 Å². The van der Waals surface area contributed by atoms with Gasteiger partial charge in [-0.05, 0) is 12.1 Å². The summed E-state index contributed by atoms with van der Waals surface area (Å²) in [6.07, 6.45) is 3.05. The first-order chi connectivity index (χ1) is 9.72. The molecule has 0 aliphatic carbocycles. The molecule has 104 valence electrons. The largest absolute Gasteiger partial charge is 0.489 e. The van der Waals surface area contributed by atoms with Crippen LogP contribution in [0.3, 0.4) is 0 Å². The van der Waals surface area contributed by atoms with Gasteiger partial charge < -0.3 is 9.64 Å². The molecule has 1 aromatic heterocycles. The summed E-state index contributed by atoms with van der Waals surface area (Å²) >= 11 is 0. The number of H-pyrrole nitrogens is 1. The van der Waals surface area contributed by atoms with Crippen LogP contribution in [0.25, 0.3) is 0 Å². The van der Waals surface area contributed by atoms with Crippen molar-refractivity contribution in [3.8, 4) is 5.75 Å². The van der Waals surface area contributed by atoms with E-state index in [0.29, 0.717) is 30.3 Å². The van der Waals surface area contributed by atoms with E-state index in [9.17, 15) is 4.79 Å². The van der Waals surface area contributed by atoms with Crippen LogP contribution < -0.4 is 4.74 Å². The fraction of sp³-hybridized carbons (Fsp3) is 0.214. The highest BCUT2D eigenvalue weighted by atomic mass is 16.5. The Kier molecular flexibility index (Phi) is 4.49. The second kappa shape index (κ2) is 6.51. The van der Waals surface area contributed by atoms with Gasteiger partial charge in [-0.1, -0.05) is 24.8 Å². The Morgan fingerprint density at radius 2 is 2.30 bits per heavy atom. The molecular formula is C14H16N4O2. The fourth-order valence-corrected chi connectivity index (χ4v) is 1.73. The number of hydrogen-bond donors (Lipinski definition) is 1. The molecule has 0 aliphatic heterocycles. The summed E-state index contributed by atoms with van der Waals surface area (Å²) in [5.41, 5.74) is 0.511. The minimum Gasteiger partial charge on any atom is -0.489 e. The van der Waals surface area contributed by atoms with Gasteiger partial charge in [0.25, 0.3) is 5.91 Å². The summed E-state index contributed by atoms with van der Waals surface area (Å²) in [5, 5.41) is 6.48. The Morgan fingerprint density at radius 3 is 3.00 bits per heavy atom. The lowest BCUT2D eigenvalue weighted by atomic mass is 10.1. The molecule has 0 bridgehead atoms. The van der Waals surface area contributed by atoms with E-state index in [1.165, 1.54) is 6.33 Å². The number of nitrogens with one attached hydrogen (secondary N) is 1. The monoisotopic (exact) mass is 272 g/mol. The van der Waals surface area contributed by atoms with Crippen molar-refractivity contribution in [1.29, 1.82) is 0 Å². The van der Waals surface area contributed by atoms with Gasteiger partial charge in [0.05, 0.1) is 12.1 Å². The Bertz CT molecular complexity index is 581. The number of rotatable bonds is 6. The SMILES string of the molecule is C=CCOc1ccccc1C(=O)N(C)Cc1ncn[nH]1. The van der Waals surface area contributed by atoms with E-state index in [0.717, 1.165) is 0 Å². The van der Waals surface area contributed by atoms with Crippen molar-refractivity contribution >= 4 is 5.91 Å². The third-order valence-electron chi connectivity index (χ3n) is 2.67. The molecule has 1 N–H and O–H groups in total. The number of aromatic amines is 1. The number of carbonyl (C=O) groups excluding carboxylic acids is 1. The summed E-state index contributed by atoms with van der Waals surface area (Å²) in [7, 11) is 1.70. The first kappa shape index (κ1) is 13.8. The molecule has 0 spiro atoms. The molecule has 0 radical (unpaired) electrons. The van der Waals surface area contributed by atoms with Crippen LogP contribution in [-0.2, 0) is 6.54 Å². The zero-order valence-electron chi connectivity index (χ0n) is 11.2. The lowest BCUT2D eigenvalue weighted by Crippen LogP contribution is -2.27. The highest BCUT2D eigenvalue weighted by Crippen LogP contribution is 2.20. The maximum Gasteiger partial charge on any atom is 0.257 e. The molecule has 0 atom stereocenters. The molecule has 0 saturated carbocycles. The molecule has 0 fully saturated rings. The molecule has 2 rings (SSSR count). The van der Waals surface area contributed by atoms with Gasteiger partial charge >= 0.3 is 0 Å². The quantitative estimate of drug-likeness (QED) is 0.811. The first-order valence-corrected chi connectivity index (χ1v) is 6.14. The van der Waals surface area contributed by atoms with E-state index in [2.05, 4.69) is 21.8 Å². The van der Waals surface area contributed by atoms with Gasteiger partial charge in [0.1, 0.15) is 24.5 Å². The normalized spacial score (nSPS) is 10.1. The van der Waals surface area contributed by atoms with Gasteiger partial charge in [0.2, 0.25) is 0 Å². The van der Waals surface area contributed by atoms with E-state index in [1.54, 1.807) is 36.2 Å². The van der Waals surface area contributed by atoms with Crippen LogP contribution in [0.4, 0.5) is 0 Å². The highest BCUT2D eigenvalue weighted by molar-refractivity contribution is 5.96. The van der Waals surface area contributed by atoms with Crippen LogP contribution in [0, 0.1) is 0 Å². The summed E-state index contributed by atoms with van der Waals surface area (Å²) in [5.74, 6) is 1.04. The third-order valence-corrected chi connectivity index (χ3v) is 2.67. The first-order valence-electron chi connectivity index (χ1n) is 6.14. The summed E-state index contributed by atoms with van der Waals surface area (Å²) in [6.45, 7) is 4.31. The lowest BCUT2D eigenvalue weighted by Gasteiger charge is -2.17. The van der Waals surface area contributed by atoms with Crippen LogP contribution in [0.1, 0.15) is 16.2 Å². The number of para-hydroxylation sites is 1. The number of benzene rings is 1. The number of hydrogen-bond acceptors (Lipinski definition) is 4. The van der Waals surface area contributed by atoms with Gasteiger partial charge in [0, 0.05) is 7.05 Å². The zero-order valence-corrected chi connectivity index (χ0v) is 11.2. The van der Waals surface area contributed by atoms with Crippen LogP contribution in [-0.4, -0.2) is 39.6 Å². The van der Waals surface area contributed by atoms with Gasteiger partial charge in [-0.3, -0.25) is 9.89 Å². The van der Waals surface area contributed by atoms with E-state index in [-0.39, 0.29) is 5.91 Å². The standard InChI is InChI=1S/C14H16N4O2/c1-3-8-20-12-7-5-4-6-11(12)14(19)18(2)9-13-15-10-16-17-13/h3-7,10H,1,8-9H2,2H3,(H,15,16,17). The Hall–Kier alpha value is -2.63. The Morgan fingerprint density at radius 1 is 1.50 bits per heavy atom. The number of amides is 1. The topological polar surface area (TPSA) is 71.1 Å². The van der Waals surface area contributed by atoms with E-state index >= 15 is 0 Å². The molecule has 0 unspecified atom stereocenters. The van der Waals surface area contributed by atoms with Crippen LogP contribution in [0.15, 0.2) is 43.2 Å². The highest BCUT2D eigenvalue weighted by Gasteiger charge is 2.17. The van der Waals surface area contributed by atoms with Gasteiger partial charge in [-0.15, -0.1) is 0 Å². The van der Waals surface area contributed by atoms with Crippen molar-refractivity contribution in [3.05, 3.63) is 54.6 Å². The van der Waals surface area contributed by atoms with Crippen molar-refractivity contribution in [1.82, 2.24) is 20.1 Å². The molecule has 6 nitrogen and oxygen atoms in total. The smallest absolute Gasteiger partial charge is 0.257 e. The molecule has 6 heteroatoms. The zero-order chi connectivity index (χ0) is 14.4.